The fourth-order valence-electron chi connectivity index (χ4n) is 4.25. The SMILES string of the molecule is CNc1cccc(C2(C#N)CC2)c1.Cc1c(F)cc(C=O)cc1Nc1ncccc1-c1ncnc2nc[nH]c12. The molecule has 0 spiro atoms. The number of anilines is 3. The lowest BCUT2D eigenvalue weighted by Gasteiger charge is -2.13. The first kappa shape index (κ1) is 25.5. The number of rotatable bonds is 6. The van der Waals surface area contributed by atoms with Crippen LogP contribution in [0.2, 0.25) is 0 Å². The van der Waals surface area contributed by atoms with Crippen molar-refractivity contribution in [3.8, 4) is 17.3 Å². The van der Waals surface area contributed by atoms with Crippen molar-refractivity contribution in [3.63, 3.8) is 0 Å². The van der Waals surface area contributed by atoms with Crippen molar-refractivity contribution >= 4 is 34.6 Å². The molecule has 3 heterocycles. The Morgan fingerprint density at radius 3 is 2.69 bits per heavy atom. The Kier molecular flexibility index (Phi) is 6.97. The van der Waals surface area contributed by atoms with Crippen molar-refractivity contribution in [1.82, 2.24) is 24.9 Å². The summed E-state index contributed by atoms with van der Waals surface area (Å²) in [5.74, 6) is 0.0141. The van der Waals surface area contributed by atoms with Crippen molar-refractivity contribution in [2.24, 2.45) is 0 Å². The molecule has 1 saturated carbocycles. The highest BCUT2D eigenvalue weighted by Gasteiger charge is 2.44. The molecule has 0 amide bonds. The lowest BCUT2D eigenvalue weighted by atomic mass is 9.97. The van der Waals surface area contributed by atoms with Crippen molar-refractivity contribution in [2.75, 3.05) is 17.7 Å². The maximum Gasteiger partial charge on any atom is 0.181 e. The van der Waals surface area contributed by atoms with Crippen molar-refractivity contribution < 1.29 is 9.18 Å². The van der Waals surface area contributed by atoms with Crippen LogP contribution in [0.4, 0.5) is 21.6 Å². The van der Waals surface area contributed by atoms with Gasteiger partial charge in [-0.15, -0.1) is 0 Å². The second kappa shape index (κ2) is 10.7. The van der Waals surface area contributed by atoms with Gasteiger partial charge in [0.15, 0.2) is 5.65 Å². The topological polar surface area (TPSA) is 132 Å². The largest absolute Gasteiger partial charge is 0.388 e. The normalized spacial score (nSPS) is 13.1. The predicted molar refractivity (Wildman–Crippen MR) is 147 cm³/mol. The molecule has 1 fully saturated rings. The van der Waals surface area contributed by atoms with Gasteiger partial charge in [0.25, 0.3) is 0 Å². The van der Waals surface area contributed by atoms with Crippen LogP contribution in [0.25, 0.3) is 22.4 Å². The number of carbonyl (C=O) groups excluding carboxylic acids is 1. The maximum absolute atomic E-state index is 14.1. The molecule has 1 aliphatic carbocycles. The number of H-pyrrole nitrogens is 1. The van der Waals surface area contributed by atoms with E-state index in [-0.39, 0.29) is 11.0 Å². The molecule has 3 N–H and O–H groups in total. The summed E-state index contributed by atoms with van der Waals surface area (Å²) in [6, 6.07) is 16.9. The Morgan fingerprint density at radius 2 is 1.95 bits per heavy atom. The first-order valence-electron chi connectivity index (χ1n) is 12.3. The van der Waals surface area contributed by atoms with E-state index in [0.29, 0.717) is 45.8 Å². The molecular formula is C29H25FN8O. The van der Waals surface area contributed by atoms with Crippen molar-refractivity contribution in [1.29, 1.82) is 5.26 Å². The molecule has 0 radical (unpaired) electrons. The van der Waals surface area contributed by atoms with Crippen LogP contribution in [-0.4, -0.2) is 38.3 Å². The number of benzene rings is 2. The number of halogens is 1. The van der Waals surface area contributed by atoms with E-state index in [1.165, 1.54) is 12.4 Å². The zero-order chi connectivity index (χ0) is 27.4. The van der Waals surface area contributed by atoms with Crippen LogP contribution in [0.5, 0.6) is 0 Å². The minimum Gasteiger partial charge on any atom is -0.388 e. The van der Waals surface area contributed by atoms with Crippen LogP contribution in [-0.2, 0) is 5.41 Å². The van der Waals surface area contributed by atoms with Gasteiger partial charge >= 0.3 is 0 Å². The number of aromatic nitrogens is 5. The number of imidazole rings is 1. The average molecular weight is 521 g/mol. The van der Waals surface area contributed by atoms with Gasteiger partial charge in [-0.3, -0.25) is 4.79 Å². The van der Waals surface area contributed by atoms with Crippen LogP contribution < -0.4 is 10.6 Å². The molecule has 6 rings (SSSR count). The van der Waals surface area contributed by atoms with Crippen LogP contribution >= 0.6 is 0 Å². The van der Waals surface area contributed by atoms with Crippen LogP contribution in [0.15, 0.2) is 67.4 Å². The summed E-state index contributed by atoms with van der Waals surface area (Å²) in [5.41, 5.74) is 5.69. The van der Waals surface area contributed by atoms with E-state index in [4.69, 9.17) is 5.26 Å². The third-order valence-electron chi connectivity index (χ3n) is 6.71. The van der Waals surface area contributed by atoms with Gasteiger partial charge in [-0.2, -0.15) is 5.26 Å². The Labute approximate surface area is 224 Å². The van der Waals surface area contributed by atoms with Crippen molar-refractivity contribution in [3.05, 3.63) is 89.9 Å². The highest BCUT2D eigenvalue weighted by molar-refractivity contribution is 5.91. The molecular weight excluding hydrogens is 495 g/mol. The first-order chi connectivity index (χ1) is 19.0. The Balaban J connectivity index is 0.000000198. The summed E-state index contributed by atoms with van der Waals surface area (Å²) in [6.45, 7) is 1.63. The highest BCUT2D eigenvalue weighted by atomic mass is 19.1. The van der Waals surface area contributed by atoms with Crippen LogP contribution in [0.1, 0.15) is 34.3 Å². The number of fused-ring (bicyclic) bond motifs is 1. The lowest BCUT2D eigenvalue weighted by molar-refractivity contribution is 0.112. The monoisotopic (exact) mass is 520 g/mol. The molecule has 0 saturated heterocycles. The summed E-state index contributed by atoms with van der Waals surface area (Å²) >= 11 is 0. The third-order valence-corrected chi connectivity index (χ3v) is 6.71. The van der Waals surface area contributed by atoms with Crippen LogP contribution in [0.3, 0.4) is 0 Å². The van der Waals surface area contributed by atoms with Gasteiger partial charge in [0.1, 0.15) is 35.5 Å². The number of nitrogens with zero attached hydrogens (tertiary/aromatic N) is 5. The number of carbonyl (C=O) groups is 1. The van der Waals surface area contributed by atoms with Gasteiger partial charge in [0.05, 0.1) is 17.8 Å². The van der Waals surface area contributed by atoms with E-state index < -0.39 is 5.82 Å². The number of aromatic amines is 1. The van der Waals surface area contributed by atoms with Crippen LogP contribution in [0, 0.1) is 24.1 Å². The van der Waals surface area contributed by atoms with E-state index in [9.17, 15) is 9.18 Å². The zero-order valence-corrected chi connectivity index (χ0v) is 21.4. The number of pyridine rings is 1. The number of nitriles is 1. The average Bonchev–Trinajstić information content (AvgIpc) is 3.64. The summed E-state index contributed by atoms with van der Waals surface area (Å²) in [6.07, 6.45) is 7.21. The minimum atomic E-state index is -0.465. The quantitative estimate of drug-likeness (QED) is 0.243. The van der Waals surface area contributed by atoms with Gasteiger partial charge in [-0.05, 0) is 61.7 Å². The predicted octanol–water partition coefficient (Wildman–Crippen LogP) is 5.70. The molecule has 5 aromatic rings. The molecule has 1 aliphatic rings. The number of hydrogen-bond acceptors (Lipinski definition) is 8. The fourth-order valence-corrected chi connectivity index (χ4v) is 4.25. The zero-order valence-electron chi connectivity index (χ0n) is 21.4. The van der Waals surface area contributed by atoms with E-state index in [0.717, 1.165) is 24.1 Å². The van der Waals surface area contributed by atoms with E-state index in [1.807, 2.05) is 31.3 Å². The second-order valence-corrected chi connectivity index (χ2v) is 9.17. The Morgan fingerprint density at radius 1 is 1.10 bits per heavy atom. The molecule has 10 heteroatoms. The smallest absolute Gasteiger partial charge is 0.181 e. The molecule has 194 valence electrons. The summed E-state index contributed by atoms with van der Waals surface area (Å²) < 4.78 is 14.1. The maximum atomic E-state index is 14.1. The third kappa shape index (κ3) is 5.15. The Hall–Kier alpha value is -5.17. The molecule has 3 aromatic heterocycles. The molecule has 0 aliphatic heterocycles. The van der Waals surface area contributed by atoms with Crippen molar-refractivity contribution in [2.45, 2.75) is 25.2 Å². The number of nitrogens with one attached hydrogen (secondary N) is 3. The summed E-state index contributed by atoms with van der Waals surface area (Å²) in [5, 5.41) is 15.2. The van der Waals surface area contributed by atoms with Gasteiger partial charge < -0.3 is 15.6 Å². The fraction of sp³-hybridized carbons (Fsp3) is 0.172. The van der Waals surface area contributed by atoms with Gasteiger partial charge in [0, 0.05) is 41.3 Å². The number of aldehydes is 1. The first-order valence-corrected chi connectivity index (χ1v) is 12.3. The molecule has 2 aromatic carbocycles. The highest BCUT2D eigenvalue weighted by Crippen LogP contribution is 2.47. The molecule has 39 heavy (non-hydrogen) atoms. The molecule has 9 nitrogen and oxygen atoms in total. The van der Waals surface area contributed by atoms with Gasteiger partial charge in [-0.1, -0.05) is 12.1 Å². The summed E-state index contributed by atoms with van der Waals surface area (Å²) in [4.78, 5) is 31.0. The Bertz CT molecular complexity index is 1700. The van der Waals surface area contributed by atoms with Gasteiger partial charge in [-0.25, -0.2) is 24.3 Å². The standard InChI is InChI=1S/C18H13FN6O.C11H12N2/c1-10-13(19)5-11(7-26)6-14(10)25-17-12(3-2-4-20-17)15-16-18(23-8-21-15)24-9-22-16;1-13-10-4-2-3-9(7-10)11(8-12)5-6-11/h2-9H,1H3,(H,20,25)(H,21,22,23,24);2-4,7,13H,5-6H2,1H3. The molecule has 0 atom stereocenters. The lowest BCUT2D eigenvalue weighted by Crippen LogP contribution is -2.02. The summed E-state index contributed by atoms with van der Waals surface area (Å²) in [7, 11) is 1.89. The van der Waals surface area contributed by atoms with E-state index >= 15 is 0 Å². The second-order valence-electron chi connectivity index (χ2n) is 9.17. The van der Waals surface area contributed by atoms with E-state index in [1.54, 1.807) is 31.6 Å². The molecule has 0 unspecified atom stereocenters. The van der Waals surface area contributed by atoms with E-state index in [2.05, 4.69) is 47.7 Å². The molecule has 0 bridgehead atoms. The van der Waals surface area contributed by atoms with Gasteiger partial charge in [0.2, 0.25) is 0 Å². The number of hydrogen-bond donors (Lipinski definition) is 3. The minimum absolute atomic E-state index is 0.160.